The summed E-state index contributed by atoms with van der Waals surface area (Å²) in [5.74, 6) is -0.646. The molecule has 1 heterocycles. The highest BCUT2D eigenvalue weighted by atomic mass is 19.4. The second-order valence-electron chi connectivity index (χ2n) is 6.66. The Morgan fingerprint density at radius 1 is 1.18 bits per heavy atom. The van der Waals surface area contributed by atoms with Crippen molar-refractivity contribution in [1.29, 1.82) is 0 Å². The lowest BCUT2D eigenvalue weighted by molar-refractivity contribution is -0.274. The van der Waals surface area contributed by atoms with Gasteiger partial charge in [0.2, 0.25) is 5.91 Å². The first-order valence-corrected chi connectivity index (χ1v) is 8.94. The van der Waals surface area contributed by atoms with E-state index < -0.39 is 12.5 Å². The van der Waals surface area contributed by atoms with Gasteiger partial charge in [0.15, 0.2) is 0 Å². The van der Waals surface area contributed by atoms with E-state index in [1.165, 1.54) is 12.1 Å². The monoisotopic (exact) mass is 394 g/mol. The zero-order chi connectivity index (χ0) is 20.1. The van der Waals surface area contributed by atoms with Crippen LogP contribution in [0.3, 0.4) is 0 Å². The molecule has 150 valence electrons. The van der Waals surface area contributed by atoms with Crippen LogP contribution in [0.2, 0.25) is 0 Å². The Balaban J connectivity index is 1.56. The number of rotatable bonds is 6. The Morgan fingerprint density at radius 2 is 1.86 bits per heavy atom. The zero-order valence-corrected chi connectivity index (χ0v) is 15.0. The molecule has 5 nitrogen and oxygen atoms in total. The average Bonchev–Trinajstić information content (AvgIpc) is 3.10. The van der Waals surface area contributed by atoms with Gasteiger partial charge in [-0.3, -0.25) is 9.69 Å². The van der Waals surface area contributed by atoms with Gasteiger partial charge in [-0.05, 0) is 49.2 Å². The molecular weight excluding hydrogens is 373 g/mol. The van der Waals surface area contributed by atoms with Crippen LogP contribution in [0.5, 0.6) is 5.75 Å². The van der Waals surface area contributed by atoms with Gasteiger partial charge in [-0.15, -0.1) is 13.2 Å². The number of aliphatic hydroxyl groups is 1. The first kappa shape index (κ1) is 20.2. The number of nitrogens with zero attached hydrogens (tertiary/aromatic N) is 1. The Bertz CT molecular complexity index is 782. The number of anilines is 1. The van der Waals surface area contributed by atoms with Crippen LogP contribution >= 0.6 is 0 Å². The lowest BCUT2D eigenvalue weighted by Crippen LogP contribution is -2.39. The highest BCUT2D eigenvalue weighted by molar-refractivity contribution is 5.92. The number of alkyl halides is 3. The number of ether oxygens (including phenoxy) is 1. The van der Waals surface area contributed by atoms with Gasteiger partial charge in [-0.2, -0.15) is 0 Å². The molecule has 1 fully saturated rings. The van der Waals surface area contributed by atoms with Crippen LogP contribution in [0.1, 0.15) is 24.5 Å². The van der Waals surface area contributed by atoms with Gasteiger partial charge in [0.25, 0.3) is 0 Å². The van der Waals surface area contributed by atoms with Crippen molar-refractivity contribution >= 4 is 11.6 Å². The lowest BCUT2D eigenvalue weighted by Gasteiger charge is -2.28. The van der Waals surface area contributed by atoms with E-state index in [1.54, 1.807) is 0 Å². The molecule has 0 aromatic heterocycles. The van der Waals surface area contributed by atoms with E-state index in [0.717, 1.165) is 30.5 Å². The fourth-order valence-electron chi connectivity index (χ4n) is 3.40. The van der Waals surface area contributed by atoms with E-state index in [-0.39, 0.29) is 24.2 Å². The van der Waals surface area contributed by atoms with E-state index in [1.807, 2.05) is 35.2 Å². The molecule has 0 saturated carbocycles. The molecule has 0 spiro atoms. The average molecular weight is 394 g/mol. The van der Waals surface area contributed by atoms with Gasteiger partial charge in [-0.1, -0.05) is 30.3 Å². The summed E-state index contributed by atoms with van der Waals surface area (Å²) in [5, 5.41) is 13.3. The summed E-state index contributed by atoms with van der Waals surface area (Å²) < 4.78 is 40.4. The number of amides is 1. The molecule has 1 aliphatic rings. The molecule has 0 aliphatic carbocycles. The molecule has 8 heteroatoms. The maximum atomic E-state index is 12.3. The molecule has 0 radical (unpaired) electrons. The van der Waals surface area contributed by atoms with Crippen LogP contribution in [0.15, 0.2) is 54.6 Å². The van der Waals surface area contributed by atoms with Gasteiger partial charge in [0.05, 0.1) is 12.6 Å². The van der Waals surface area contributed by atoms with Gasteiger partial charge in [-0.25, -0.2) is 0 Å². The lowest BCUT2D eigenvalue weighted by atomic mass is 10.0. The van der Waals surface area contributed by atoms with E-state index in [0.29, 0.717) is 12.2 Å². The smallest absolute Gasteiger partial charge is 0.406 e. The Hall–Kier alpha value is -2.58. The first-order chi connectivity index (χ1) is 13.3. The number of aliphatic hydroxyl groups excluding tert-OH is 1. The Morgan fingerprint density at radius 3 is 2.50 bits per heavy atom. The third kappa shape index (κ3) is 5.46. The predicted octanol–water partition coefficient (Wildman–Crippen LogP) is 3.72. The van der Waals surface area contributed by atoms with Crippen molar-refractivity contribution in [2.45, 2.75) is 31.3 Å². The van der Waals surface area contributed by atoms with Crippen LogP contribution in [-0.2, 0) is 4.79 Å². The molecular formula is C20H21F3N2O3. The van der Waals surface area contributed by atoms with Crippen molar-refractivity contribution in [3.63, 3.8) is 0 Å². The van der Waals surface area contributed by atoms with E-state index in [9.17, 15) is 23.1 Å². The zero-order valence-electron chi connectivity index (χ0n) is 15.0. The van der Waals surface area contributed by atoms with E-state index in [2.05, 4.69) is 10.1 Å². The third-order valence-corrected chi connectivity index (χ3v) is 4.64. The minimum Gasteiger partial charge on any atom is -0.406 e. The number of likely N-dealkylation sites (tertiary alicyclic amines) is 1. The van der Waals surface area contributed by atoms with Crippen LogP contribution in [-0.4, -0.2) is 41.4 Å². The molecule has 2 aromatic rings. The standard InChI is InChI=1S/C20H21F3N2O3/c21-20(22,23)28-16-10-8-15(9-11-16)24-18(26)13-25-12-4-7-17(25)19(27)14-5-2-1-3-6-14/h1-3,5-6,8-11,17,19,27H,4,7,12-13H2,(H,24,26). The fraction of sp³-hybridized carbons (Fsp3) is 0.350. The first-order valence-electron chi connectivity index (χ1n) is 8.94. The van der Waals surface area contributed by atoms with Crippen molar-refractivity contribution in [3.05, 3.63) is 60.2 Å². The van der Waals surface area contributed by atoms with Crippen LogP contribution in [0, 0.1) is 0 Å². The minimum atomic E-state index is -4.75. The van der Waals surface area contributed by atoms with Crippen molar-refractivity contribution in [1.82, 2.24) is 4.90 Å². The number of carbonyl (C=O) groups is 1. The van der Waals surface area contributed by atoms with Gasteiger partial charge < -0.3 is 15.2 Å². The highest BCUT2D eigenvalue weighted by Crippen LogP contribution is 2.29. The Labute approximate surface area is 160 Å². The summed E-state index contributed by atoms with van der Waals surface area (Å²) in [7, 11) is 0. The summed E-state index contributed by atoms with van der Waals surface area (Å²) in [6, 6.07) is 14.1. The minimum absolute atomic E-state index is 0.0926. The molecule has 3 rings (SSSR count). The quantitative estimate of drug-likeness (QED) is 0.784. The predicted molar refractivity (Wildman–Crippen MR) is 97.8 cm³/mol. The molecule has 2 N–H and O–H groups in total. The number of halogens is 3. The number of hydrogen-bond donors (Lipinski definition) is 2. The van der Waals surface area contributed by atoms with E-state index in [4.69, 9.17) is 0 Å². The Kier molecular flexibility index (Phi) is 6.21. The summed E-state index contributed by atoms with van der Waals surface area (Å²) in [6.45, 7) is 0.787. The molecule has 1 amide bonds. The van der Waals surface area contributed by atoms with Gasteiger partial charge in [0, 0.05) is 11.7 Å². The fourth-order valence-corrected chi connectivity index (χ4v) is 3.40. The largest absolute Gasteiger partial charge is 0.573 e. The molecule has 1 saturated heterocycles. The van der Waals surface area contributed by atoms with Crippen molar-refractivity contribution < 1.29 is 27.8 Å². The SMILES string of the molecule is O=C(CN1CCCC1C(O)c1ccccc1)Nc1ccc(OC(F)(F)F)cc1. The number of nitrogens with one attached hydrogen (secondary N) is 1. The summed E-state index contributed by atoms with van der Waals surface area (Å²) in [6.07, 6.45) is -3.77. The summed E-state index contributed by atoms with van der Waals surface area (Å²) >= 11 is 0. The maximum absolute atomic E-state index is 12.3. The van der Waals surface area contributed by atoms with Crippen LogP contribution in [0.25, 0.3) is 0 Å². The van der Waals surface area contributed by atoms with Crippen LogP contribution < -0.4 is 10.1 Å². The second-order valence-corrected chi connectivity index (χ2v) is 6.66. The normalized spacial score (nSPS) is 18.6. The second kappa shape index (κ2) is 8.62. The number of hydrogen-bond acceptors (Lipinski definition) is 4. The van der Waals surface area contributed by atoms with Crippen LogP contribution in [0.4, 0.5) is 18.9 Å². The number of benzene rings is 2. The highest BCUT2D eigenvalue weighted by Gasteiger charge is 2.33. The molecule has 1 aliphatic heterocycles. The number of carbonyl (C=O) groups excluding carboxylic acids is 1. The molecule has 28 heavy (non-hydrogen) atoms. The molecule has 2 aromatic carbocycles. The summed E-state index contributed by atoms with van der Waals surface area (Å²) in [4.78, 5) is 14.3. The topological polar surface area (TPSA) is 61.8 Å². The molecule has 0 bridgehead atoms. The van der Waals surface area contributed by atoms with Crippen molar-refractivity contribution in [2.24, 2.45) is 0 Å². The maximum Gasteiger partial charge on any atom is 0.573 e. The van der Waals surface area contributed by atoms with Gasteiger partial charge in [0.1, 0.15) is 5.75 Å². The summed E-state index contributed by atoms with van der Waals surface area (Å²) in [5.41, 5.74) is 1.18. The van der Waals surface area contributed by atoms with E-state index >= 15 is 0 Å². The molecule has 2 unspecified atom stereocenters. The van der Waals surface area contributed by atoms with Crippen molar-refractivity contribution in [3.8, 4) is 5.75 Å². The van der Waals surface area contributed by atoms with Crippen molar-refractivity contribution in [2.75, 3.05) is 18.4 Å². The molecule has 2 atom stereocenters. The van der Waals surface area contributed by atoms with Gasteiger partial charge >= 0.3 is 6.36 Å². The third-order valence-electron chi connectivity index (χ3n) is 4.64.